The molecule has 0 unspecified atom stereocenters. The fourth-order valence-corrected chi connectivity index (χ4v) is 0.714. The van der Waals surface area contributed by atoms with Gasteiger partial charge in [0.05, 0.1) is 0 Å². The van der Waals surface area contributed by atoms with Gasteiger partial charge in [-0.3, -0.25) is 4.79 Å². The Morgan fingerprint density at radius 3 is 2.27 bits per heavy atom. The fourth-order valence-electron chi connectivity index (χ4n) is 0.714. The van der Waals surface area contributed by atoms with Crippen LogP contribution in [0.5, 0.6) is 0 Å². The smallest absolute Gasteiger partial charge is 0.377 e. The van der Waals surface area contributed by atoms with Crippen molar-refractivity contribution in [3.05, 3.63) is 42.3 Å². The van der Waals surface area contributed by atoms with Crippen LogP contribution < -0.4 is 5.73 Å². The van der Waals surface area contributed by atoms with E-state index in [-0.39, 0.29) is 32.7 Å². The quantitative estimate of drug-likeness (QED) is 0.737. The number of amides is 1. The van der Waals surface area contributed by atoms with E-state index in [0.717, 1.165) is 5.56 Å². The third-order valence-electron chi connectivity index (χ3n) is 1.11. The van der Waals surface area contributed by atoms with Crippen LogP contribution in [0.3, 0.4) is 0 Å². The van der Waals surface area contributed by atoms with Gasteiger partial charge >= 0.3 is 32.7 Å². The Balaban J connectivity index is 0.000001000. The molecule has 0 atom stereocenters. The molecule has 0 radical (unpaired) electrons. The second-order valence-electron chi connectivity index (χ2n) is 1.96. The molecule has 1 rings (SSSR count). The molecule has 2 nitrogen and oxygen atoms in total. The van der Waals surface area contributed by atoms with Crippen LogP contribution in [0.25, 0.3) is 0 Å². The van der Waals surface area contributed by atoms with E-state index < -0.39 is 5.91 Å². The molecule has 0 saturated carbocycles. The SMILES string of the molecule is NC(=O)[CH-]c1ccccc1.[Y+3]. The average Bonchev–Trinajstić information content (AvgIpc) is 1.88. The van der Waals surface area contributed by atoms with Gasteiger partial charge < -0.3 is 5.73 Å². The predicted molar refractivity (Wildman–Crippen MR) is 39.0 cm³/mol. The van der Waals surface area contributed by atoms with E-state index in [1.54, 1.807) is 0 Å². The van der Waals surface area contributed by atoms with Crippen molar-refractivity contribution >= 4 is 5.91 Å². The van der Waals surface area contributed by atoms with Crippen molar-refractivity contribution in [2.75, 3.05) is 0 Å². The molecule has 1 amide bonds. The van der Waals surface area contributed by atoms with Crippen molar-refractivity contribution in [2.24, 2.45) is 5.73 Å². The summed E-state index contributed by atoms with van der Waals surface area (Å²) in [6.07, 6.45) is 1.39. The maximum Gasteiger partial charge on any atom is 3.00 e. The molecule has 0 bridgehead atoms. The zero-order valence-electron chi connectivity index (χ0n) is 6.03. The third kappa shape index (κ3) is 4.17. The number of carbonyl (C=O) groups excluding carboxylic acids is 1. The van der Waals surface area contributed by atoms with Gasteiger partial charge in [-0.1, -0.05) is 12.5 Å². The van der Waals surface area contributed by atoms with E-state index in [1.165, 1.54) is 6.42 Å². The molecule has 52 valence electrons. The van der Waals surface area contributed by atoms with Crippen LogP contribution in [0.4, 0.5) is 0 Å². The summed E-state index contributed by atoms with van der Waals surface area (Å²) in [4.78, 5) is 10.3. The molecule has 3 heteroatoms. The molecule has 0 heterocycles. The summed E-state index contributed by atoms with van der Waals surface area (Å²) in [5.41, 5.74) is 5.77. The topological polar surface area (TPSA) is 43.1 Å². The predicted octanol–water partition coefficient (Wildman–Crippen LogP) is 0.722. The van der Waals surface area contributed by atoms with Crippen molar-refractivity contribution in [2.45, 2.75) is 0 Å². The summed E-state index contributed by atoms with van der Waals surface area (Å²) >= 11 is 0. The van der Waals surface area contributed by atoms with Gasteiger partial charge in [0.15, 0.2) is 5.91 Å². The largest absolute Gasteiger partial charge is 3.00 e. The van der Waals surface area contributed by atoms with Crippen LogP contribution in [-0.2, 0) is 37.5 Å². The van der Waals surface area contributed by atoms with Crippen molar-refractivity contribution in [3.8, 4) is 0 Å². The number of benzene rings is 1. The minimum absolute atomic E-state index is 0. The van der Waals surface area contributed by atoms with Crippen molar-refractivity contribution in [1.29, 1.82) is 0 Å². The Hall–Kier alpha value is -0.336. The van der Waals surface area contributed by atoms with Crippen LogP contribution in [-0.4, -0.2) is 5.91 Å². The van der Waals surface area contributed by atoms with Crippen LogP contribution in [0.2, 0.25) is 0 Å². The summed E-state index contributed by atoms with van der Waals surface area (Å²) < 4.78 is 0. The first-order valence-corrected chi connectivity index (χ1v) is 2.98. The summed E-state index contributed by atoms with van der Waals surface area (Å²) in [6, 6.07) is 9.25. The van der Waals surface area contributed by atoms with Crippen LogP contribution in [0, 0.1) is 6.42 Å². The van der Waals surface area contributed by atoms with Crippen LogP contribution >= 0.6 is 0 Å². The van der Waals surface area contributed by atoms with Crippen LogP contribution in [0.15, 0.2) is 30.3 Å². The molecule has 2 N–H and O–H groups in total. The fraction of sp³-hybridized carbons (Fsp3) is 0. The van der Waals surface area contributed by atoms with Gasteiger partial charge in [0.25, 0.3) is 0 Å². The van der Waals surface area contributed by atoms with Gasteiger partial charge in [-0.05, 0) is 0 Å². The normalized spacial score (nSPS) is 8.00. The first-order valence-electron chi connectivity index (χ1n) is 2.98. The second-order valence-corrected chi connectivity index (χ2v) is 1.96. The molecule has 0 aromatic heterocycles. The van der Waals surface area contributed by atoms with E-state index in [1.807, 2.05) is 30.3 Å². The van der Waals surface area contributed by atoms with Gasteiger partial charge in [-0.2, -0.15) is 17.7 Å². The molecule has 0 saturated heterocycles. The van der Waals surface area contributed by atoms with Gasteiger partial charge in [-0.25, -0.2) is 0 Å². The minimum atomic E-state index is -0.411. The maximum atomic E-state index is 10.3. The monoisotopic (exact) mass is 223 g/mol. The molecule has 0 spiro atoms. The van der Waals surface area contributed by atoms with E-state index in [0.29, 0.717) is 0 Å². The molecular formula is C8H8NOY+2. The van der Waals surface area contributed by atoms with E-state index in [4.69, 9.17) is 5.73 Å². The van der Waals surface area contributed by atoms with Gasteiger partial charge in [0.1, 0.15) is 0 Å². The third-order valence-corrected chi connectivity index (χ3v) is 1.11. The molecule has 11 heavy (non-hydrogen) atoms. The molecular weight excluding hydrogens is 215 g/mol. The van der Waals surface area contributed by atoms with Crippen LogP contribution in [0.1, 0.15) is 5.56 Å². The molecule has 0 fully saturated rings. The zero-order valence-corrected chi connectivity index (χ0v) is 8.87. The molecule has 0 aliphatic heterocycles. The Labute approximate surface area is 91.0 Å². The average molecular weight is 223 g/mol. The van der Waals surface area contributed by atoms with E-state index in [2.05, 4.69) is 0 Å². The first-order chi connectivity index (χ1) is 4.79. The molecule has 1 aromatic rings. The summed E-state index contributed by atoms with van der Waals surface area (Å²) in [5.74, 6) is -0.411. The molecule has 0 aliphatic carbocycles. The van der Waals surface area contributed by atoms with Gasteiger partial charge in [0.2, 0.25) is 0 Å². The summed E-state index contributed by atoms with van der Waals surface area (Å²) in [5, 5.41) is 0. The van der Waals surface area contributed by atoms with Gasteiger partial charge in [-0.15, -0.1) is 12.1 Å². The zero-order chi connectivity index (χ0) is 7.40. The number of nitrogens with two attached hydrogens (primary N) is 1. The molecule has 1 aromatic carbocycles. The Bertz CT molecular complexity index is 223. The first kappa shape index (κ1) is 10.7. The second kappa shape index (κ2) is 5.33. The summed E-state index contributed by atoms with van der Waals surface area (Å²) in [6.45, 7) is 0. The van der Waals surface area contributed by atoms with E-state index >= 15 is 0 Å². The number of primary amides is 1. The van der Waals surface area contributed by atoms with E-state index in [9.17, 15) is 4.79 Å². The number of rotatable bonds is 2. The number of carbonyl (C=O) groups is 1. The number of hydrogen-bond donors (Lipinski definition) is 1. The summed E-state index contributed by atoms with van der Waals surface area (Å²) in [7, 11) is 0. The minimum Gasteiger partial charge on any atom is -0.377 e. The number of hydrogen-bond acceptors (Lipinski definition) is 1. The Kier molecular flexibility index (Phi) is 5.17. The maximum absolute atomic E-state index is 10.3. The Morgan fingerprint density at radius 2 is 1.82 bits per heavy atom. The van der Waals surface area contributed by atoms with Crippen molar-refractivity contribution in [1.82, 2.24) is 0 Å². The van der Waals surface area contributed by atoms with Gasteiger partial charge in [0, 0.05) is 0 Å². The van der Waals surface area contributed by atoms with Crippen molar-refractivity contribution in [3.63, 3.8) is 0 Å². The molecule has 0 aliphatic rings. The Morgan fingerprint density at radius 1 is 1.27 bits per heavy atom. The standard InChI is InChI=1S/C8H8NO.Y/c9-8(10)6-7-4-2-1-3-5-7;/h1-6H,(H2,9,10);/q-1;+3. The van der Waals surface area contributed by atoms with Crippen molar-refractivity contribution < 1.29 is 37.5 Å².